The van der Waals surface area contributed by atoms with Gasteiger partial charge >= 0.3 is 0 Å². The summed E-state index contributed by atoms with van der Waals surface area (Å²) in [5.41, 5.74) is 0. The second kappa shape index (κ2) is 3.79. The SMILES string of the molecule is O=S(=O)(c1ccc(I)cc1)N1CCC1. The molecule has 1 aromatic carbocycles. The van der Waals surface area contributed by atoms with Crippen LogP contribution in [0, 0.1) is 3.57 Å². The number of benzene rings is 1. The maximum absolute atomic E-state index is 11.8. The molecule has 76 valence electrons. The van der Waals surface area contributed by atoms with Gasteiger partial charge in [0.15, 0.2) is 0 Å². The van der Waals surface area contributed by atoms with Gasteiger partial charge in [-0.1, -0.05) is 0 Å². The first-order valence-corrected chi connectivity index (χ1v) is 6.88. The van der Waals surface area contributed by atoms with Gasteiger partial charge < -0.3 is 0 Å². The number of hydrogen-bond donors (Lipinski definition) is 0. The molecule has 1 heterocycles. The first kappa shape index (κ1) is 10.4. The fourth-order valence-corrected chi connectivity index (χ4v) is 3.16. The first-order valence-electron chi connectivity index (χ1n) is 4.36. The largest absolute Gasteiger partial charge is 0.243 e. The van der Waals surface area contributed by atoms with Crippen LogP contribution in [-0.2, 0) is 10.0 Å². The van der Waals surface area contributed by atoms with E-state index >= 15 is 0 Å². The fourth-order valence-electron chi connectivity index (χ4n) is 1.28. The summed E-state index contributed by atoms with van der Waals surface area (Å²) >= 11 is 2.16. The molecule has 14 heavy (non-hydrogen) atoms. The molecular weight excluding hydrogens is 313 g/mol. The second-order valence-corrected chi connectivity index (χ2v) is 6.40. The highest BCUT2D eigenvalue weighted by Crippen LogP contribution is 2.21. The van der Waals surface area contributed by atoms with Crippen LogP contribution in [0.5, 0.6) is 0 Å². The van der Waals surface area contributed by atoms with E-state index in [1.54, 1.807) is 12.1 Å². The molecule has 0 saturated carbocycles. The molecule has 2 rings (SSSR count). The summed E-state index contributed by atoms with van der Waals surface area (Å²) in [5, 5.41) is 0. The van der Waals surface area contributed by atoms with E-state index in [1.165, 1.54) is 4.31 Å². The van der Waals surface area contributed by atoms with Crippen LogP contribution in [0.3, 0.4) is 0 Å². The zero-order valence-corrected chi connectivity index (χ0v) is 10.5. The first-order chi connectivity index (χ1) is 6.60. The Balaban J connectivity index is 2.34. The third-order valence-corrected chi connectivity index (χ3v) is 4.90. The van der Waals surface area contributed by atoms with Gasteiger partial charge in [-0.05, 0) is 53.3 Å². The molecule has 0 aromatic heterocycles. The van der Waals surface area contributed by atoms with Crippen molar-refractivity contribution in [2.75, 3.05) is 13.1 Å². The summed E-state index contributed by atoms with van der Waals surface area (Å²) in [5.74, 6) is 0. The Morgan fingerprint density at radius 2 is 1.71 bits per heavy atom. The number of nitrogens with zero attached hydrogens (tertiary/aromatic N) is 1. The average Bonchev–Trinajstić information content (AvgIpc) is 2.00. The van der Waals surface area contributed by atoms with Crippen LogP contribution in [0.1, 0.15) is 6.42 Å². The second-order valence-electron chi connectivity index (χ2n) is 3.21. The van der Waals surface area contributed by atoms with Gasteiger partial charge in [-0.2, -0.15) is 4.31 Å². The van der Waals surface area contributed by atoms with Crippen molar-refractivity contribution in [3.05, 3.63) is 27.8 Å². The number of hydrogen-bond acceptors (Lipinski definition) is 2. The maximum Gasteiger partial charge on any atom is 0.243 e. The predicted molar refractivity (Wildman–Crippen MR) is 62.5 cm³/mol. The van der Waals surface area contributed by atoms with Crippen LogP contribution in [0.15, 0.2) is 29.2 Å². The molecule has 1 fully saturated rings. The van der Waals surface area contributed by atoms with Crippen LogP contribution in [0.25, 0.3) is 0 Å². The summed E-state index contributed by atoms with van der Waals surface area (Å²) in [4.78, 5) is 0.401. The topological polar surface area (TPSA) is 37.4 Å². The molecule has 0 atom stereocenters. The Labute approximate surface area is 97.3 Å². The highest BCUT2D eigenvalue weighted by molar-refractivity contribution is 14.1. The Morgan fingerprint density at radius 3 is 2.14 bits per heavy atom. The standard InChI is InChI=1S/C9H10INO2S/c10-8-2-4-9(5-3-8)14(12,13)11-6-1-7-11/h2-5H,1,6-7H2. The van der Waals surface area contributed by atoms with Gasteiger partial charge in [-0.15, -0.1) is 0 Å². The van der Waals surface area contributed by atoms with Crippen molar-refractivity contribution in [3.8, 4) is 0 Å². The molecule has 0 aliphatic carbocycles. The zero-order valence-electron chi connectivity index (χ0n) is 7.48. The Bertz CT molecular complexity index is 423. The van der Waals surface area contributed by atoms with Crippen molar-refractivity contribution >= 4 is 32.6 Å². The summed E-state index contributed by atoms with van der Waals surface area (Å²) in [6, 6.07) is 6.95. The van der Waals surface area contributed by atoms with E-state index < -0.39 is 10.0 Å². The van der Waals surface area contributed by atoms with E-state index in [4.69, 9.17) is 0 Å². The monoisotopic (exact) mass is 323 g/mol. The van der Waals surface area contributed by atoms with Gasteiger partial charge in [0, 0.05) is 16.7 Å². The number of sulfonamides is 1. The zero-order chi connectivity index (χ0) is 10.2. The molecular formula is C9H10INO2S. The third-order valence-electron chi connectivity index (χ3n) is 2.27. The van der Waals surface area contributed by atoms with Crippen LogP contribution in [-0.4, -0.2) is 25.8 Å². The molecule has 1 aromatic rings. The Morgan fingerprint density at radius 1 is 1.14 bits per heavy atom. The molecule has 0 unspecified atom stereocenters. The van der Waals surface area contributed by atoms with Gasteiger partial charge in [0.05, 0.1) is 4.90 Å². The number of rotatable bonds is 2. The van der Waals surface area contributed by atoms with Gasteiger partial charge in [0.1, 0.15) is 0 Å². The maximum atomic E-state index is 11.8. The van der Waals surface area contributed by atoms with E-state index in [-0.39, 0.29) is 0 Å². The quantitative estimate of drug-likeness (QED) is 0.777. The Kier molecular flexibility index (Phi) is 2.81. The summed E-state index contributed by atoms with van der Waals surface area (Å²) in [7, 11) is -3.19. The lowest BCUT2D eigenvalue weighted by molar-refractivity contribution is 0.309. The lowest BCUT2D eigenvalue weighted by Crippen LogP contribution is -2.41. The Hall–Kier alpha value is -0.140. The van der Waals surface area contributed by atoms with Crippen molar-refractivity contribution in [3.63, 3.8) is 0 Å². The normalized spacial score (nSPS) is 17.8. The van der Waals surface area contributed by atoms with Crippen molar-refractivity contribution in [2.24, 2.45) is 0 Å². The molecule has 0 amide bonds. The van der Waals surface area contributed by atoms with Gasteiger partial charge in [-0.3, -0.25) is 0 Å². The van der Waals surface area contributed by atoms with Crippen LogP contribution in [0.4, 0.5) is 0 Å². The molecule has 1 aliphatic rings. The summed E-state index contributed by atoms with van der Waals surface area (Å²) in [6.07, 6.45) is 0.976. The third kappa shape index (κ3) is 1.80. The van der Waals surface area contributed by atoms with Gasteiger partial charge in [0.25, 0.3) is 0 Å². The molecule has 0 N–H and O–H groups in total. The van der Waals surface area contributed by atoms with Crippen molar-refractivity contribution in [2.45, 2.75) is 11.3 Å². The van der Waals surface area contributed by atoms with E-state index in [0.29, 0.717) is 18.0 Å². The van der Waals surface area contributed by atoms with Gasteiger partial charge in [0.2, 0.25) is 10.0 Å². The molecule has 3 nitrogen and oxygen atoms in total. The predicted octanol–water partition coefficient (Wildman–Crippen LogP) is 1.69. The molecule has 0 bridgehead atoms. The minimum atomic E-state index is -3.19. The highest BCUT2D eigenvalue weighted by Gasteiger charge is 2.28. The van der Waals surface area contributed by atoms with E-state index in [0.717, 1.165) is 9.99 Å². The molecule has 0 spiro atoms. The molecule has 5 heteroatoms. The minimum Gasteiger partial charge on any atom is -0.207 e. The lowest BCUT2D eigenvalue weighted by Gasteiger charge is -2.29. The smallest absolute Gasteiger partial charge is 0.207 e. The van der Waals surface area contributed by atoms with E-state index in [1.807, 2.05) is 12.1 Å². The number of halogens is 1. The van der Waals surface area contributed by atoms with Crippen molar-refractivity contribution < 1.29 is 8.42 Å². The van der Waals surface area contributed by atoms with Crippen LogP contribution >= 0.6 is 22.6 Å². The van der Waals surface area contributed by atoms with Crippen molar-refractivity contribution in [1.82, 2.24) is 4.31 Å². The molecule has 1 saturated heterocycles. The van der Waals surface area contributed by atoms with E-state index in [2.05, 4.69) is 22.6 Å². The highest BCUT2D eigenvalue weighted by atomic mass is 127. The molecule has 1 aliphatic heterocycles. The summed E-state index contributed by atoms with van der Waals surface area (Å²) < 4.78 is 26.3. The van der Waals surface area contributed by atoms with Gasteiger partial charge in [-0.25, -0.2) is 8.42 Å². The molecule has 0 radical (unpaired) electrons. The lowest BCUT2D eigenvalue weighted by atomic mass is 10.3. The average molecular weight is 323 g/mol. The fraction of sp³-hybridized carbons (Fsp3) is 0.333. The van der Waals surface area contributed by atoms with Crippen LogP contribution < -0.4 is 0 Å². The summed E-state index contributed by atoms with van der Waals surface area (Å²) in [6.45, 7) is 1.32. The van der Waals surface area contributed by atoms with Crippen LogP contribution in [0.2, 0.25) is 0 Å². The van der Waals surface area contributed by atoms with Crippen molar-refractivity contribution in [1.29, 1.82) is 0 Å². The van der Waals surface area contributed by atoms with E-state index in [9.17, 15) is 8.42 Å². The minimum absolute atomic E-state index is 0.401.